The zero-order chi connectivity index (χ0) is 14.0. The van der Waals surface area contributed by atoms with Crippen LogP contribution in [0.3, 0.4) is 0 Å². The number of rotatable bonds is 4. The zero-order valence-electron chi connectivity index (χ0n) is 10.1. The number of nitrogens with zero attached hydrogens (tertiary/aromatic N) is 1. The van der Waals surface area contributed by atoms with E-state index in [1.807, 2.05) is 25.1 Å². The minimum absolute atomic E-state index is 0.353. The predicted molar refractivity (Wildman–Crippen MR) is 78.8 cm³/mol. The molecule has 0 radical (unpaired) electrons. The van der Waals surface area contributed by atoms with Crippen molar-refractivity contribution in [3.05, 3.63) is 39.3 Å². The predicted octanol–water partition coefficient (Wildman–Crippen LogP) is 3.04. The molecular formula is C12H12BrN3O2S. The molecule has 0 aliphatic heterocycles. The number of benzene rings is 1. The van der Waals surface area contributed by atoms with Crippen LogP contribution in [0.25, 0.3) is 0 Å². The lowest BCUT2D eigenvalue weighted by molar-refractivity contribution is -0.138. The van der Waals surface area contributed by atoms with Gasteiger partial charge in [0.1, 0.15) is 6.04 Å². The third-order valence-electron chi connectivity index (χ3n) is 2.53. The molecule has 1 unspecified atom stereocenters. The molecule has 100 valence electrons. The first-order valence-electron chi connectivity index (χ1n) is 5.44. The smallest absolute Gasteiger partial charge is 0.326 e. The van der Waals surface area contributed by atoms with Crippen LogP contribution < -0.4 is 11.1 Å². The quantitative estimate of drug-likeness (QED) is 0.795. The van der Waals surface area contributed by atoms with Crippen LogP contribution in [0, 0.1) is 6.92 Å². The highest BCUT2D eigenvalue weighted by molar-refractivity contribution is 9.10. The van der Waals surface area contributed by atoms with Crippen molar-refractivity contribution in [3.8, 4) is 0 Å². The SMILES string of the molecule is Cc1ccc(Nc2nc(C(N)C(=O)O)cs2)cc1Br. The summed E-state index contributed by atoms with van der Waals surface area (Å²) in [5.41, 5.74) is 7.87. The van der Waals surface area contributed by atoms with Crippen molar-refractivity contribution < 1.29 is 9.90 Å². The average Bonchev–Trinajstić information content (AvgIpc) is 2.81. The van der Waals surface area contributed by atoms with Crippen molar-refractivity contribution in [2.75, 3.05) is 5.32 Å². The van der Waals surface area contributed by atoms with Gasteiger partial charge in [0.15, 0.2) is 5.13 Å². The molecule has 0 amide bonds. The van der Waals surface area contributed by atoms with Crippen LogP contribution in [0.5, 0.6) is 0 Å². The molecule has 0 fully saturated rings. The van der Waals surface area contributed by atoms with Crippen LogP contribution in [-0.2, 0) is 4.79 Å². The van der Waals surface area contributed by atoms with Gasteiger partial charge in [0.2, 0.25) is 0 Å². The minimum Gasteiger partial charge on any atom is -0.480 e. The second-order valence-electron chi connectivity index (χ2n) is 3.98. The summed E-state index contributed by atoms with van der Waals surface area (Å²) in [5, 5.41) is 14.2. The van der Waals surface area contributed by atoms with Crippen molar-refractivity contribution in [2.45, 2.75) is 13.0 Å². The molecule has 0 aliphatic carbocycles. The summed E-state index contributed by atoms with van der Waals surface area (Å²) in [6.45, 7) is 2.00. The second-order valence-corrected chi connectivity index (χ2v) is 5.69. The standard InChI is InChI=1S/C12H12BrN3O2S/c1-6-2-3-7(4-8(6)13)15-12-16-9(5-19-12)10(14)11(17)18/h2-5,10H,14H2,1H3,(H,15,16)(H,17,18). The fourth-order valence-corrected chi connectivity index (χ4v) is 2.55. The van der Waals surface area contributed by atoms with Crippen LogP contribution in [-0.4, -0.2) is 16.1 Å². The number of hydrogen-bond acceptors (Lipinski definition) is 5. The first-order chi connectivity index (χ1) is 8.97. The Morgan fingerprint density at radius 2 is 2.32 bits per heavy atom. The molecule has 1 aromatic heterocycles. The Morgan fingerprint density at radius 3 is 2.95 bits per heavy atom. The zero-order valence-corrected chi connectivity index (χ0v) is 12.5. The van der Waals surface area contributed by atoms with E-state index in [9.17, 15) is 4.79 Å². The topological polar surface area (TPSA) is 88.2 Å². The number of nitrogens with one attached hydrogen (secondary N) is 1. The number of nitrogens with two attached hydrogens (primary N) is 1. The number of carboxylic acid groups (broad SMARTS) is 1. The van der Waals surface area contributed by atoms with E-state index in [1.165, 1.54) is 11.3 Å². The Hall–Kier alpha value is -1.44. The average molecular weight is 342 g/mol. The molecule has 0 spiro atoms. The lowest BCUT2D eigenvalue weighted by Crippen LogP contribution is -2.20. The third-order valence-corrected chi connectivity index (χ3v) is 4.16. The molecule has 1 aromatic carbocycles. The van der Waals surface area contributed by atoms with Crippen LogP contribution in [0.1, 0.15) is 17.3 Å². The minimum atomic E-state index is -1.09. The van der Waals surface area contributed by atoms with Gasteiger partial charge in [0.05, 0.1) is 5.69 Å². The van der Waals surface area contributed by atoms with E-state index in [1.54, 1.807) is 5.38 Å². The van der Waals surface area contributed by atoms with Crippen molar-refractivity contribution in [1.29, 1.82) is 0 Å². The molecule has 19 heavy (non-hydrogen) atoms. The van der Waals surface area contributed by atoms with Crippen molar-refractivity contribution in [1.82, 2.24) is 4.98 Å². The maximum atomic E-state index is 10.8. The maximum Gasteiger partial charge on any atom is 0.326 e. The summed E-state index contributed by atoms with van der Waals surface area (Å²) < 4.78 is 0.997. The van der Waals surface area contributed by atoms with Gasteiger partial charge in [-0.3, -0.25) is 4.79 Å². The Morgan fingerprint density at radius 1 is 1.58 bits per heavy atom. The highest BCUT2D eigenvalue weighted by atomic mass is 79.9. The highest BCUT2D eigenvalue weighted by Gasteiger charge is 2.17. The van der Waals surface area contributed by atoms with Gasteiger partial charge < -0.3 is 16.2 Å². The molecule has 0 aliphatic rings. The first kappa shape index (κ1) is 14.0. The van der Waals surface area contributed by atoms with E-state index < -0.39 is 12.0 Å². The Kier molecular flexibility index (Phi) is 4.18. The van der Waals surface area contributed by atoms with Gasteiger partial charge >= 0.3 is 5.97 Å². The number of aromatic nitrogens is 1. The van der Waals surface area contributed by atoms with Crippen molar-refractivity contribution in [3.63, 3.8) is 0 Å². The van der Waals surface area contributed by atoms with E-state index in [-0.39, 0.29) is 0 Å². The number of anilines is 2. The van der Waals surface area contributed by atoms with Crippen LogP contribution >= 0.6 is 27.3 Å². The number of halogens is 1. The number of thiazole rings is 1. The van der Waals surface area contributed by atoms with Crippen molar-refractivity contribution >= 4 is 44.1 Å². The van der Waals surface area contributed by atoms with Gasteiger partial charge in [-0.1, -0.05) is 22.0 Å². The molecule has 1 heterocycles. The number of aryl methyl sites for hydroxylation is 1. The third kappa shape index (κ3) is 3.31. The molecule has 4 N–H and O–H groups in total. The Balaban J connectivity index is 2.15. The van der Waals surface area contributed by atoms with E-state index in [0.29, 0.717) is 10.8 Å². The van der Waals surface area contributed by atoms with Gasteiger partial charge in [-0.2, -0.15) is 0 Å². The summed E-state index contributed by atoms with van der Waals surface area (Å²) in [6, 6.07) is 4.76. The summed E-state index contributed by atoms with van der Waals surface area (Å²) in [4.78, 5) is 14.9. The molecule has 2 aromatic rings. The summed E-state index contributed by atoms with van der Waals surface area (Å²) >= 11 is 4.77. The Labute approximate surface area is 122 Å². The number of carboxylic acids is 1. The highest BCUT2D eigenvalue weighted by Crippen LogP contribution is 2.26. The maximum absolute atomic E-state index is 10.8. The van der Waals surface area contributed by atoms with Gasteiger partial charge in [0.25, 0.3) is 0 Å². The Bertz CT molecular complexity index is 615. The largest absolute Gasteiger partial charge is 0.480 e. The van der Waals surface area contributed by atoms with Gasteiger partial charge in [-0.15, -0.1) is 11.3 Å². The molecule has 0 saturated carbocycles. The van der Waals surface area contributed by atoms with Crippen molar-refractivity contribution in [2.24, 2.45) is 5.73 Å². The number of hydrogen-bond donors (Lipinski definition) is 3. The van der Waals surface area contributed by atoms with Gasteiger partial charge in [-0.05, 0) is 24.6 Å². The molecule has 5 nitrogen and oxygen atoms in total. The molecular weight excluding hydrogens is 330 g/mol. The summed E-state index contributed by atoms with van der Waals surface area (Å²) in [7, 11) is 0. The lowest BCUT2D eigenvalue weighted by Gasteiger charge is -2.05. The van der Waals surface area contributed by atoms with Crippen LogP contribution in [0.15, 0.2) is 28.1 Å². The van der Waals surface area contributed by atoms with Crippen LogP contribution in [0.4, 0.5) is 10.8 Å². The van der Waals surface area contributed by atoms with E-state index in [4.69, 9.17) is 10.8 Å². The molecule has 7 heteroatoms. The fraction of sp³-hybridized carbons (Fsp3) is 0.167. The number of aliphatic carboxylic acids is 1. The van der Waals surface area contributed by atoms with Gasteiger partial charge in [0, 0.05) is 15.5 Å². The summed E-state index contributed by atoms with van der Waals surface area (Å²) in [5.74, 6) is -1.09. The second kappa shape index (κ2) is 5.68. The van der Waals surface area contributed by atoms with E-state index >= 15 is 0 Å². The molecule has 0 saturated heterocycles. The molecule has 0 bridgehead atoms. The molecule has 1 atom stereocenters. The lowest BCUT2D eigenvalue weighted by atomic mass is 10.2. The van der Waals surface area contributed by atoms with E-state index in [2.05, 4.69) is 26.2 Å². The normalized spacial score (nSPS) is 12.2. The fourth-order valence-electron chi connectivity index (χ4n) is 1.41. The van der Waals surface area contributed by atoms with Crippen LogP contribution in [0.2, 0.25) is 0 Å². The number of carbonyl (C=O) groups is 1. The monoisotopic (exact) mass is 341 g/mol. The van der Waals surface area contributed by atoms with E-state index in [0.717, 1.165) is 15.7 Å². The summed E-state index contributed by atoms with van der Waals surface area (Å²) in [6.07, 6.45) is 0. The first-order valence-corrected chi connectivity index (χ1v) is 7.11. The van der Waals surface area contributed by atoms with Gasteiger partial charge in [-0.25, -0.2) is 4.98 Å². The molecule has 2 rings (SSSR count).